The van der Waals surface area contributed by atoms with Gasteiger partial charge >= 0.3 is 5.97 Å². The van der Waals surface area contributed by atoms with Crippen LogP contribution in [0.15, 0.2) is 24.3 Å². The van der Waals surface area contributed by atoms with E-state index in [1.54, 1.807) is 25.1 Å². The summed E-state index contributed by atoms with van der Waals surface area (Å²) in [7, 11) is 0. The van der Waals surface area contributed by atoms with Crippen LogP contribution in [-0.2, 0) is 20.7 Å². The molecule has 0 heterocycles. The Morgan fingerprint density at radius 2 is 2.17 bits per heavy atom. The minimum atomic E-state index is -0.304. The SMILES string of the molecule is CCOC(=O)CCNC(=O)Cc1cccc(N)c1. The summed E-state index contributed by atoms with van der Waals surface area (Å²) in [5, 5.41) is 2.66. The van der Waals surface area contributed by atoms with Gasteiger partial charge in [0.1, 0.15) is 0 Å². The van der Waals surface area contributed by atoms with Crippen LogP contribution >= 0.6 is 0 Å². The fraction of sp³-hybridized carbons (Fsp3) is 0.385. The number of esters is 1. The van der Waals surface area contributed by atoms with Crippen LogP contribution in [0.4, 0.5) is 5.69 Å². The summed E-state index contributed by atoms with van der Waals surface area (Å²) >= 11 is 0. The van der Waals surface area contributed by atoms with Gasteiger partial charge in [-0.2, -0.15) is 0 Å². The molecule has 0 bridgehead atoms. The molecule has 1 rings (SSSR count). The van der Waals surface area contributed by atoms with Crippen LogP contribution < -0.4 is 11.1 Å². The van der Waals surface area contributed by atoms with Crippen LogP contribution in [0, 0.1) is 0 Å². The number of hydrogen-bond donors (Lipinski definition) is 2. The molecule has 5 heteroatoms. The summed E-state index contributed by atoms with van der Waals surface area (Å²) in [6, 6.07) is 7.16. The monoisotopic (exact) mass is 250 g/mol. The number of nitrogens with two attached hydrogens (primary N) is 1. The molecular formula is C13H18N2O3. The Bertz CT molecular complexity index is 418. The number of nitrogens with one attached hydrogen (secondary N) is 1. The first kappa shape index (κ1) is 14.0. The molecule has 1 aromatic carbocycles. The van der Waals surface area contributed by atoms with Gasteiger partial charge in [0, 0.05) is 12.2 Å². The molecule has 0 aliphatic heterocycles. The normalized spacial score (nSPS) is 9.83. The lowest BCUT2D eigenvalue weighted by Crippen LogP contribution is -2.27. The molecule has 18 heavy (non-hydrogen) atoms. The Balaban J connectivity index is 2.28. The zero-order chi connectivity index (χ0) is 13.4. The molecule has 0 atom stereocenters. The second kappa shape index (κ2) is 7.32. The number of ether oxygens (including phenoxy) is 1. The van der Waals surface area contributed by atoms with E-state index in [1.165, 1.54) is 0 Å². The fourth-order valence-corrected chi connectivity index (χ4v) is 1.49. The molecule has 1 amide bonds. The molecule has 0 aromatic heterocycles. The molecule has 5 nitrogen and oxygen atoms in total. The third-order valence-electron chi connectivity index (χ3n) is 2.27. The predicted octanol–water partition coefficient (Wildman–Crippen LogP) is 0.881. The van der Waals surface area contributed by atoms with Crippen LogP contribution in [0.1, 0.15) is 18.9 Å². The lowest BCUT2D eigenvalue weighted by Gasteiger charge is -2.05. The standard InChI is InChI=1S/C13H18N2O3/c1-2-18-13(17)6-7-15-12(16)9-10-4-3-5-11(14)8-10/h3-5,8H,2,6-7,9,14H2,1H3,(H,15,16). The van der Waals surface area contributed by atoms with E-state index < -0.39 is 0 Å². The zero-order valence-electron chi connectivity index (χ0n) is 10.4. The van der Waals surface area contributed by atoms with Crippen molar-refractivity contribution < 1.29 is 14.3 Å². The molecule has 0 aliphatic rings. The van der Waals surface area contributed by atoms with Crippen molar-refractivity contribution in [3.63, 3.8) is 0 Å². The summed E-state index contributed by atoms with van der Waals surface area (Å²) in [4.78, 5) is 22.6. The largest absolute Gasteiger partial charge is 0.466 e. The molecular weight excluding hydrogens is 232 g/mol. The van der Waals surface area contributed by atoms with Gasteiger partial charge in [0.15, 0.2) is 0 Å². The number of amides is 1. The van der Waals surface area contributed by atoms with Gasteiger partial charge in [-0.05, 0) is 24.6 Å². The minimum absolute atomic E-state index is 0.134. The van der Waals surface area contributed by atoms with Gasteiger partial charge in [0.2, 0.25) is 5.91 Å². The molecule has 0 spiro atoms. The van der Waals surface area contributed by atoms with Gasteiger partial charge in [-0.3, -0.25) is 9.59 Å². The van der Waals surface area contributed by atoms with E-state index >= 15 is 0 Å². The molecule has 0 saturated heterocycles. The number of nitrogen functional groups attached to an aromatic ring is 1. The highest BCUT2D eigenvalue weighted by atomic mass is 16.5. The van der Waals surface area contributed by atoms with Crippen LogP contribution in [0.5, 0.6) is 0 Å². The average Bonchev–Trinajstić information content (AvgIpc) is 2.29. The van der Waals surface area contributed by atoms with E-state index in [2.05, 4.69) is 5.32 Å². The fourth-order valence-electron chi connectivity index (χ4n) is 1.49. The van der Waals surface area contributed by atoms with Gasteiger partial charge in [-0.25, -0.2) is 0 Å². The minimum Gasteiger partial charge on any atom is -0.466 e. The number of carbonyl (C=O) groups excluding carboxylic acids is 2. The molecule has 0 saturated carbocycles. The Morgan fingerprint density at radius 3 is 2.83 bits per heavy atom. The van der Waals surface area contributed by atoms with Crippen molar-refractivity contribution in [3.8, 4) is 0 Å². The second-order valence-corrected chi connectivity index (χ2v) is 3.83. The highest BCUT2D eigenvalue weighted by Crippen LogP contribution is 2.06. The van der Waals surface area contributed by atoms with Crippen molar-refractivity contribution in [2.45, 2.75) is 19.8 Å². The maximum atomic E-state index is 11.6. The van der Waals surface area contributed by atoms with Crippen LogP contribution in [0.25, 0.3) is 0 Å². The van der Waals surface area contributed by atoms with Crippen LogP contribution in [0.2, 0.25) is 0 Å². The van der Waals surface area contributed by atoms with Crippen molar-refractivity contribution in [2.75, 3.05) is 18.9 Å². The third kappa shape index (κ3) is 5.34. The van der Waals surface area contributed by atoms with Crippen molar-refractivity contribution >= 4 is 17.6 Å². The molecule has 0 unspecified atom stereocenters. The first-order valence-corrected chi connectivity index (χ1v) is 5.88. The Labute approximate surface area is 106 Å². The molecule has 0 aliphatic carbocycles. The van der Waals surface area contributed by atoms with Crippen LogP contribution in [0.3, 0.4) is 0 Å². The number of benzene rings is 1. The highest BCUT2D eigenvalue weighted by molar-refractivity contribution is 5.79. The van der Waals surface area contributed by atoms with E-state index in [0.717, 1.165) is 5.56 Å². The number of hydrogen-bond acceptors (Lipinski definition) is 4. The lowest BCUT2D eigenvalue weighted by molar-refractivity contribution is -0.143. The second-order valence-electron chi connectivity index (χ2n) is 3.83. The maximum Gasteiger partial charge on any atom is 0.307 e. The molecule has 3 N–H and O–H groups in total. The molecule has 0 radical (unpaired) electrons. The van der Waals surface area contributed by atoms with Crippen LogP contribution in [-0.4, -0.2) is 25.0 Å². The summed E-state index contributed by atoms with van der Waals surface area (Å²) in [5.41, 5.74) is 7.10. The summed E-state index contributed by atoms with van der Waals surface area (Å²) in [6.07, 6.45) is 0.449. The quantitative estimate of drug-likeness (QED) is 0.580. The van der Waals surface area contributed by atoms with E-state index in [1.807, 2.05) is 6.07 Å². The average molecular weight is 250 g/mol. The van der Waals surface area contributed by atoms with Crippen molar-refractivity contribution in [1.82, 2.24) is 5.32 Å². The Hall–Kier alpha value is -2.04. The van der Waals surface area contributed by atoms with E-state index in [-0.39, 0.29) is 24.7 Å². The Morgan fingerprint density at radius 1 is 1.39 bits per heavy atom. The topological polar surface area (TPSA) is 81.4 Å². The predicted molar refractivity (Wildman–Crippen MR) is 68.8 cm³/mol. The first-order chi connectivity index (χ1) is 8.61. The number of carbonyl (C=O) groups is 2. The van der Waals surface area contributed by atoms with Crippen molar-refractivity contribution in [3.05, 3.63) is 29.8 Å². The summed E-state index contributed by atoms with van der Waals surface area (Å²) < 4.78 is 4.75. The number of anilines is 1. The van der Waals surface area contributed by atoms with Gasteiger partial charge in [0.05, 0.1) is 19.4 Å². The van der Waals surface area contributed by atoms with Crippen molar-refractivity contribution in [2.24, 2.45) is 0 Å². The highest BCUT2D eigenvalue weighted by Gasteiger charge is 2.05. The van der Waals surface area contributed by atoms with Gasteiger partial charge in [-0.15, -0.1) is 0 Å². The van der Waals surface area contributed by atoms with Gasteiger partial charge in [-0.1, -0.05) is 12.1 Å². The molecule has 0 fully saturated rings. The Kier molecular flexibility index (Phi) is 5.70. The summed E-state index contributed by atoms with van der Waals surface area (Å²) in [5.74, 6) is -0.438. The van der Waals surface area contributed by atoms with E-state index in [0.29, 0.717) is 18.8 Å². The zero-order valence-corrected chi connectivity index (χ0v) is 10.4. The smallest absolute Gasteiger partial charge is 0.307 e. The molecule has 1 aromatic rings. The first-order valence-electron chi connectivity index (χ1n) is 5.88. The maximum absolute atomic E-state index is 11.6. The van der Waals surface area contributed by atoms with Gasteiger partial charge < -0.3 is 15.8 Å². The molecule has 98 valence electrons. The van der Waals surface area contributed by atoms with Gasteiger partial charge in [0.25, 0.3) is 0 Å². The third-order valence-corrected chi connectivity index (χ3v) is 2.27. The summed E-state index contributed by atoms with van der Waals surface area (Å²) in [6.45, 7) is 2.40. The van der Waals surface area contributed by atoms with Crippen molar-refractivity contribution in [1.29, 1.82) is 0 Å². The lowest BCUT2D eigenvalue weighted by atomic mass is 10.1. The number of rotatable bonds is 6. The van der Waals surface area contributed by atoms with E-state index in [4.69, 9.17) is 10.5 Å². The van der Waals surface area contributed by atoms with E-state index in [9.17, 15) is 9.59 Å².